The predicted octanol–water partition coefficient (Wildman–Crippen LogP) is 3.55. The van der Waals surface area contributed by atoms with Gasteiger partial charge in [0.15, 0.2) is 10.6 Å². The Morgan fingerprint density at radius 3 is 2.69 bits per heavy atom. The summed E-state index contributed by atoms with van der Waals surface area (Å²) < 4.78 is 33.7. The molecule has 0 saturated heterocycles. The van der Waals surface area contributed by atoms with E-state index in [1.165, 1.54) is 23.8 Å². The average molecular weight is 397 g/mol. The summed E-state index contributed by atoms with van der Waals surface area (Å²) in [6.07, 6.45) is 0. The molecule has 3 aromatic rings. The van der Waals surface area contributed by atoms with E-state index in [9.17, 15) is 18.4 Å². The van der Waals surface area contributed by atoms with Gasteiger partial charge in [-0.05, 0) is 18.2 Å². The van der Waals surface area contributed by atoms with Crippen LogP contribution in [0.15, 0.2) is 41.4 Å². The first-order chi connectivity index (χ1) is 12.4. The number of aromatic nitrogens is 1. The highest BCUT2D eigenvalue weighted by Gasteiger charge is 2.17. The molecule has 5 nitrogen and oxygen atoms in total. The molecule has 0 bridgehead atoms. The fourth-order valence-corrected chi connectivity index (χ4v) is 3.62. The van der Waals surface area contributed by atoms with Crippen LogP contribution in [0, 0.1) is 11.6 Å². The molecule has 2 aromatic carbocycles. The van der Waals surface area contributed by atoms with E-state index in [4.69, 9.17) is 11.6 Å². The summed E-state index contributed by atoms with van der Waals surface area (Å²) in [6.45, 7) is -0.381. The Hall–Kier alpha value is -2.58. The SMILES string of the molecule is COC(=O)Cn1c(=NC(=O)c2ccccc2Cl)sc2cc(F)cc(F)c21. The standard InChI is InChI=1S/C17H11ClF2N2O3S/c1-25-14(23)8-22-15-12(20)6-9(19)7-13(15)26-17(22)21-16(24)10-4-2-3-5-11(10)18/h2-7H,8H2,1H3. The molecule has 1 heterocycles. The van der Waals surface area contributed by atoms with Crippen LogP contribution in [-0.2, 0) is 16.1 Å². The molecule has 3 rings (SSSR count). The summed E-state index contributed by atoms with van der Waals surface area (Å²) in [5.41, 5.74) is 0.121. The number of hydrogen-bond acceptors (Lipinski definition) is 4. The molecule has 0 N–H and O–H groups in total. The lowest BCUT2D eigenvalue weighted by atomic mass is 10.2. The number of carbonyl (C=O) groups excluding carboxylic acids is 2. The molecule has 0 aliphatic heterocycles. The second-order valence-corrected chi connectivity index (χ2v) is 6.59. The van der Waals surface area contributed by atoms with Gasteiger partial charge < -0.3 is 9.30 Å². The van der Waals surface area contributed by atoms with Crippen LogP contribution in [0.25, 0.3) is 10.2 Å². The largest absolute Gasteiger partial charge is 0.468 e. The minimum absolute atomic E-state index is 0.0276. The molecular weight excluding hydrogens is 386 g/mol. The van der Waals surface area contributed by atoms with Crippen LogP contribution in [-0.4, -0.2) is 23.6 Å². The average Bonchev–Trinajstić information content (AvgIpc) is 2.92. The van der Waals surface area contributed by atoms with Crippen molar-refractivity contribution in [3.63, 3.8) is 0 Å². The number of rotatable bonds is 3. The molecule has 0 aliphatic rings. The lowest BCUT2D eigenvalue weighted by molar-refractivity contribution is -0.141. The maximum absolute atomic E-state index is 14.2. The van der Waals surface area contributed by atoms with Gasteiger partial charge in [0.1, 0.15) is 12.4 Å². The molecule has 1 amide bonds. The first-order valence-electron chi connectivity index (χ1n) is 7.29. The van der Waals surface area contributed by atoms with Crippen LogP contribution in [0.2, 0.25) is 5.02 Å². The number of carbonyl (C=O) groups is 2. The lowest BCUT2D eigenvalue weighted by Crippen LogP contribution is -2.23. The molecular formula is C17H11ClF2N2O3S. The van der Waals surface area contributed by atoms with Crippen molar-refractivity contribution >= 4 is 45.0 Å². The smallest absolute Gasteiger partial charge is 0.325 e. The summed E-state index contributed by atoms with van der Waals surface area (Å²) in [7, 11) is 1.18. The second-order valence-electron chi connectivity index (χ2n) is 5.18. The molecule has 0 unspecified atom stereocenters. The van der Waals surface area contributed by atoms with Gasteiger partial charge in [-0.1, -0.05) is 35.1 Å². The highest BCUT2D eigenvalue weighted by atomic mass is 35.5. The van der Waals surface area contributed by atoms with Crippen LogP contribution in [0.3, 0.4) is 0 Å². The Bertz CT molecular complexity index is 1090. The van der Waals surface area contributed by atoms with Crippen molar-refractivity contribution in [2.24, 2.45) is 4.99 Å². The van der Waals surface area contributed by atoms with Crippen molar-refractivity contribution in [1.82, 2.24) is 4.57 Å². The van der Waals surface area contributed by atoms with Gasteiger partial charge in [0.05, 0.1) is 27.9 Å². The highest BCUT2D eigenvalue weighted by Crippen LogP contribution is 2.23. The predicted molar refractivity (Wildman–Crippen MR) is 93.1 cm³/mol. The minimum atomic E-state index is -0.869. The van der Waals surface area contributed by atoms with Gasteiger partial charge in [0.2, 0.25) is 0 Å². The Morgan fingerprint density at radius 2 is 2.00 bits per heavy atom. The van der Waals surface area contributed by atoms with Crippen molar-refractivity contribution in [2.75, 3.05) is 7.11 Å². The number of benzene rings is 2. The first kappa shape index (κ1) is 18.2. The highest BCUT2D eigenvalue weighted by molar-refractivity contribution is 7.16. The van der Waals surface area contributed by atoms with Gasteiger partial charge in [-0.25, -0.2) is 8.78 Å². The second kappa shape index (κ2) is 7.35. The molecule has 0 atom stereocenters. The summed E-state index contributed by atoms with van der Waals surface area (Å²) in [4.78, 5) is 28.1. The Morgan fingerprint density at radius 1 is 1.27 bits per heavy atom. The van der Waals surface area contributed by atoms with Gasteiger partial charge in [0.25, 0.3) is 5.91 Å². The normalized spacial score (nSPS) is 11.8. The molecule has 1 aromatic heterocycles. The maximum atomic E-state index is 14.2. The third-order valence-electron chi connectivity index (χ3n) is 3.51. The van der Waals surface area contributed by atoms with Crippen LogP contribution in [0.4, 0.5) is 8.78 Å². The zero-order valence-corrected chi connectivity index (χ0v) is 14.9. The summed E-state index contributed by atoms with van der Waals surface area (Å²) in [6, 6.07) is 8.11. The molecule has 9 heteroatoms. The summed E-state index contributed by atoms with van der Waals surface area (Å²) in [5, 5.41) is 0.208. The Kier molecular flexibility index (Phi) is 5.15. The molecule has 0 saturated carbocycles. The fourth-order valence-electron chi connectivity index (χ4n) is 2.34. The van der Waals surface area contributed by atoms with Gasteiger partial charge in [-0.2, -0.15) is 4.99 Å². The van der Waals surface area contributed by atoms with Gasteiger partial charge in [-0.15, -0.1) is 0 Å². The van der Waals surface area contributed by atoms with E-state index in [2.05, 4.69) is 9.73 Å². The number of methoxy groups -OCH3 is 1. The van der Waals surface area contributed by atoms with Crippen molar-refractivity contribution in [1.29, 1.82) is 0 Å². The van der Waals surface area contributed by atoms with Crippen molar-refractivity contribution in [3.8, 4) is 0 Å². The van der Waals surface area contributed by atoms with Crippen molar-refractivity contribution in [3.05, 3.63) is 63.4 Å². The van der Waals surface area contributed by atoms with Gasteiger partial charge in [-0.3, -0.25) is 9.59 Å². The van der Waals surface area contributed by atoms with Crippen molar-refractivity contribution in [2.45, 2.75) is 6.54 Å². The van der Waals surface area contributed by atoms with Crippen LogP contribution >= 0.6 is 22.9 Å². The number of hydrogen-bond donors (Lipinski definition) is 0. The number of amides is 1. The number of fused-ring (bicyclic) bond motifs is 1. The zero-order valence-electron chi connectivity index (χ0n) is 13.3. The molecule has 0 radical (unpaired) electrons. The van der Waals surface area contributed by atoms with Gasteiger partial charge in [0, 0.05) is 6.07 Å². The van der Waals surface area contributed by atoms with Crippen LogP contribution in [0.5, 0.6) is 0 Å². The van der Waals surface area contributed by atoms with E-state index in [0.717, 1.165) is 17.4 Å². The Labute approximate surface area is 155 Å². The molecule has 0 fully saturated rings. The van der Waals surface area contributed by atoms with E-state index in [1.54, 1.807) is 12.1 Å². The molecule has 0 aliphatic carbocycles. The van der Waals surface area contributed by atoms with E-state index in [0.29, 0.717) is 6.07 Å². The molecule has 26 heavy (non-hydrogen) atoms. The third kappa shape index (κ3) is 3.51. The number of esters is 1. The van der Waals surface area contributed by atoms with Crippen molar-refractivity contribution < 1.29 is 23.1 Å². The maximum Gasteiger partial charge on any atom is 0.325 e. The zero-order chi connectivity index (χ0) is 18.8. The number of halogens is 3. The quantitative estimate of drug-likeness (QED) is 0.636. The summed E-state index contributed by atoms with van der Waals surface area (Å²) >= 11 is 6.87. The molecule has 134 valence electrons. The first-order valence-corrected chi connectivity index (χ1v) is 8.49. The van der Waals surface area contributed by atoms with Gasteiger partial charge >= 0.3 is 5.97 Å². The number of thiazole rings is 1. The van der Waals surface area contributed by atoms with Crippen LogP contribution < -0.4 is 4.80 Å². The molecule has 0 spiro atoms. The Balaban J connectivity index is 2.22. The van der Waals surface area contributed by atoms with E-state index in [-0.39, 0.29) is 32.1 Å². The van der Waals surface area contributed by atoms with E-state index < -0.39 is 23.5 Å². The third-order valence-corrected chi connectivity index (χ3v) is 4.87. The topological polar surface area (TPSA) is 60.7 Å². The van der Waals surface area contributed by atoms with E-state index >= 15 is 0 Å². The number of ether oxygens (including phenoxy) is 1. The number of nitrogens with zero attached hydrogens (tertiary/aromatic N) is 2. The van der Waals surface area contributed by atoms with E-state index in [1.807, 2.05) is 0 Å². The monoisotopic (exact) mass is 396 g/mol. The summed E-state index contributed by atoms with van der Waals surface area (Å²) in [5.74, 6) is -2.97. The fraction of sp³-hybridized carbons (Fsp3) is 0.118. The minimum Gasteiger partial charge on any atom is -0.468 e. The lowest BCUT2D eigenvalue weighted by Gasteiger charge is -2.04. The van der Waals surface area contributed by atoms with Crippen LogP contribution in [0.1, 0.15) is 10.4 Å².